The molecule has 2 aromatic rings. The highest BCUT2D eigenvalue weighted by atomic mass is 16.3. The molecule has 23 heavy (non-hydrogen) atoms. The highest BCUT2D eigenvalue weighted by molar-refractivity contribution is 6.09. The van der Waals surface area contributed by atoms with Crippen LogP contribution >= 0.6 is 0 Å². The molecule has 1 N–H and O–H groups in total. The van der Waals surface area contributed by atoms with Gasteiger partial charge >= 0.3 is 0 Å². The van der Waals surface area contributed by atoms with E-state index >= 15 is 0 Å². The molecule has 0 amide bonds. The number of carbonyl (C=O) groups excluding carboxylic acids is 1. The molecule has 1 saturated heterocycles. The van der Waals surface area contributed by atoms with Crippen LogP contribution in [0.5, 0.6) is 0 Å². The van der Waals surface area contributed by atoms with E-state index in [9.17, 15) is 9.90 Å². The lowest BCUT2D eigenvalue weighted by atomic mass is 10.1. The summed E-state index contributed by atoms with van der Waals surface area (Å²) in [6.07, 6.45) is 4.27. The number of fused-ring (bicyclic) bond motifs is 1. The molecule has 1 aliphatic heterocycles. The van der Waals surface area contributed by atoms with Crippen molar-refractivity contribution in [1.82, 2.24) is 9.47 Å². The van der Waals surface area contributed by atoms with Gasteiger partial charge in [0.1, 0.15) is 0 Å². The number of aryl methyl sites for hydroxylation is 1. The van der Waals surface area contributed by atoms with Crippen LogP contribution in [0.1, 0.15) is 29.6 Å². The van der Waals surface area contributed by atoms with E-state index in [-0.39, 0.29) is 18.4 Å². The van der Waals surface area contributed by atoms with E-state index in [4.69, 9.17) is 5.26 Å². The Balaban J connectivity index is 1.87. The number of hydrogen-bond donors (Lipinski definition) is 1. The summed E-state index contributed by atoms with van der Waals surface area (Å²) >= 11 is 0. The van der Waals surface area contributed by atoms with Crippen molar-refractivity contribution in [2.75, 3.05) is 19.7 Å². The van der Waals surface area contributed by atoms with Crippen LogP contribution in [0.3, 0.4) is 0 Å². The van der Waals surface area contributed by atoms with Gasteiger partial charge in [-0.15, -0.1) is 0 Å². The van der Waals surface area contributed by atoms with Crippen molar-refractivity contribution >= 4 is 16.7 Å². The lowest BCUT2D eigenvalue weighted by Crippen LogP contribution is -2.36. The third-order valence-electron chi connectivity index (χ3n) is 4.61. The number of hydrogen-bond acceptors (Lipinski definition) is 4. The van der Waals surface area contributed by atoms with E-state index in [2.05, 4.69) is 11.0 Å². The fourth-order valence-corrected chi connectivity index (χ4v) is 3.40. The second-order valence-corrected chi connectivity index (χ2v) is 6.03. The molecule has 0 spiro atoms. The normalized spacial score (nSPS) is 18.3. The number of aliphatic hydroxyl groups is 1. The number of ketones is 1. The molecule has 1 aromatic heterocycles. The molecule has 0 bridgehead atoms. The Morgan fingerprint density at radius 1 is 1.39 bits per heavy atom. The molecule has 1 aliphatic rings. The van der Waals surface area contributed by atoms with Crippen molar-refractivity contribution in [2.24, 2.45) is 0 Å². The molecule has 5 heteroatoms. The first-order valence-corrected chi connectivity index (χ1v) is 8.07. The summed E-state index contributed by atoms with van der Waals surface area (Å²) in [6.45, 7) is 1.91. The minimum atomic E-state index is 0.0808. The van der Waals surface area contributed by atoms with Crippen LogP contribution in [0, 0.1) is 11.3 Å². The maximum Gasteiger partial charge on any atom is 0.178 e. The van der Waals surface area contributed by atoms with Crippen molar-refractivity contribution in [1.29, 1.82) is 5.26 Å². The van der Waals surface area contributed by atoms with Crippen LogP contribution in [-0.4, -0.2) is 46.1 Å². The van der Waals surface area contributed by atoms with Gasteiger partial charge in [-0.3, -0.25) is 9.69 Å². The van der Waals surface area contributed by atoms with E-state index in [1.165, 1.54) is 0 Å². The van der Waals surface area contributed by atoms with Gasteiger partial charge in [0.2, 0.25) is 0 Å². The Bertz CT molecular complexity index is 744. The standard InChI is InChI=1S/C18H21N3O2/c19-8-4-10-21-11-16(15-6-1-2-7-17(15)21)18(23)12-20-9-3-5-14(20)13-22/h1-2,6-7,11,14,22H,3-5,9-10,12-13H2/t14-/m1/s1. The first kappa shape index (κ1) is 15.7. The van der Waals surface area contributed by atoms with Gasteiger partial charge in [0, 0.05) is 35.2 Å². The van der Waals surface area contributed by atoms with Gasteiger partial charge < -0.3 is 9.67 Å². The van der Waals surface area contributed by atoms with Crippen molar-refractivity contribution in [3.8, 4) is 6.07 Å². The molecule has 1 aromatic carbocycles. The Morgan fingerprint density at radius 2 is 2.22 bits per heavy atom. The number of nitriles is 1. The van der Waals surface area contributed by atoms with Gasteiger partial charge in [-0.25, -0.2) is 0 Å². The first-order valence-electron chi connectivity index (χ1n) is 8.07. The monoisotopic (exact) mass is 311 g/mol. The number of nitrogens with zero attached hydrogens (tertiary/aromatic N) is 3. The summed E-state index contributed by atoms with van der Waals surface area (Å²) in [4.78, 5) is 14.8. The molecule has 1 atom stereocenters. The van der Waals surface area contributed by atoms with Crippen LogP contribution < -0.4 is 0 Å². The van der Waals surface area contributed by atoms with Crippen LogP contribution in [0.25, 0.3) is 10.9 Å². The quantitative estimate of drug-likeness (QED) is 0.830. The zero-order valence-corrected chi connectivity index (χ0v) is 13.1. The molecular weight excluding hydrogens is 290 g/mol. The number of carbonyl (C=O) groups is 1. The van der Waals surface area contributed by atoms with E-state index < -0.39 is 0 Å². The second kappa shape index (κ2) is 6.95. The Labute approximate surface area is 135 Å². The van der Waals surface area contributed by atoms with Gasteiger partial charge in [0.05, 0.1) is 25.6 Å². The molecule has 1 fully saturated rings. The maximum atomic E-state index is 12.8. The lowest BCUT2D eigenvalue weighted by molar-refractivity contribution is 0.0889. The Kier molecular flexibility index (Phi) is 4.75. The fourth-order valence-electron chi connectivity index (χ4n) is 3.40. The maximum absolute atomic E-state index is 12.8. The molecule has 2 heterocycles. The minimum Gasteiger partial charge on any atom is -0.395 e. The Morgan fingerprint density at radius 3 is 3.00 bits per heavy atom. The third kappa shape index (κ3) is 3.14. The van der Waals surface area contributed by atoms with E-state index in [1.807, 2.05) is 35.0 Å². The lowest BCUT2D eigenvalue weighted by Gasteiger charge is -2.21. The van der Waals surface area contributed by atoms with Gasteiger partial charge in [0.15, 0.2) is 5.78 Å². The van der Waals surface area contributed by atoms with Gasteiger partial charge in [0.25, 0.3) is 0 Å². The Hall–Kier alpha value is -2.16. The smallest absolute Gasteiger partial charge is 0.178 e. The molecular formula is C18H21N3O2. The summed E-state index contributed by atoms with van der Waals surface area (Å²) < 4.78 is 1.99. The van der Waals surface area contributed by atoms with Crippen LogP contribution in [0.2, 0.25) is 0 Å². The minimum absolute atomic E-state index is 0.0808. The summed E-state index contributed by atoms with van der Waals surface area (Å²) in [5, 5.41) is 19.1. The molecule has 3 rings (SSSR count). The largest absolute Gasteiger partial charge is 0.395 e. The number of likely N-dealkylation sites (tertiary alicyclic amines) is 1. The van der Waals surface area contributed by atoms with Crippen molar-refractivity contribution < 1.29 is 9.90 Å². The predicted octanol–water partition coefficient (Wildman–Crippen LogP) is 2.19. The zero-order valence-electron chi connectivity index (χ0n) is 13.1. The highest BCUT2D eigenvalue weighted by Crippen LogP contribution is 2.24. The number of aliphatic hydroxyl groups excluding tert-OH is 1. The topological polar surface area (TPSA) is 69.3 Å². The zero-order chi connectivity index (χ0) is 16.2. The molecule has 0 radical (unpaired) electrons. The van der Waals surface area contributed by atoms with Gasteiger partial charge in [-0.05, 0) is 25.5 Å². The average Bonchev–Trinajstić information content (AvgIpc) is 3.17. The number of para-hydroxylation sites is 1. The van der Waals surface area contributed by atoms with Crippen molar-refractivity contribution in [3.63, 3.8) is 0 Å². The average molecular weight is 311 g/mol. The third-order valence-corrected chi connectivity index (χ3v) is 4.61. The highest BCUT2D eigenvalue weighted by Gasteiger charge is 2.26. The SMILES string of the molecule is N#CCCn1cc(C(=O)CN2CCC[C@@H]2CO)c2ccccc21. The van der Waals surface area contributed by atoms with Crippen molar-refractivity contribution in [3.05, 3.63) is 36.0 Å². The molecule has 0 saturated carbocycles. The first-order chi connectivity index (χ1) is 11.2. The van der Waals surface area contributed by atoms with E-state index in [1.54, 1.807) is 0 Å². The number of benzene rings is 1. The van der Waals surface area contributed by atoms with Crippen molar-refractivity contribution in [2.45, 2.75) is 31.8 Å². The van der Waals surface area contributed by atoms with Gasteiger partial charge in [-0.2, -0.15) is 5.26 Å². The summed E-state index contributed by atoms with van der Waals surface area (Å²) in [5.74, 6) is 0.0808. The van der Waals surface area contributed by atoms with E-state index in [0.29, 0.717) is 25.1 Å². The summed E-state index contributed by atoms with van der Waals surface area (Å²) in [7, 11) is 0. The van der Waals surface area contributed by atoms with E-state index in [0.717, 1.165) is 30.3 Å². The predicted molar refractivity (Wildman–Crippen MR) is 88.2 cm³/mol. The molecule has 0 unspecified atom stereocenters. The number of Topliss-reactive ketones (excluding diaryl/α,β-unsaturated/α-hetero) is 1. The second-order valence-electron chi connectivity index (χ2n) is 6.03. The molecule has 120 valence electrons. The van der Waals surface area contributed by atoms with Gasteiger partial charge in [-0.1, -0.05) is 18.2 Å². The van der Waals surface area contributed by atoms with Crippen LogP contribution in [-0.2, 0) is 6.54 Å². The molecule has 5 nitrogen and oxygen atoms in total. The summed E-state index contributed by atoms with van der Waals surface area (Å²) in [6, 6.07) is 10.1. The van der Waals surface area contributed by atoms with Crippen LogP contribution in [0.15, 0.2) is 30.5 Å². The number of aromatic nitrogens is 1. The van der Waals surface area contributed by atoms with Crippen LogP contribution in [0.4, 0.5) is 0 Å². The fraction of sp³-hybridized carbons (Fsp3) is 0.444. The number of rotatable bonds is 6. The summed E-state index contributed by atoms with van der Waals surface area (Å²) in [5.41, 5.74) is 1.70. The molecule has 0 aliphatic carbocycles.